The van der Waals surface area contributed by atoms with Gasteiger partial charge < -0.3 is 15.0 Å². The van der Waals surface area contributed by atoms with Crippen molar-refractivity contribution in [2.75, 3.05) is 13.1 Å². The van der Waals surface area contributed by atoms with E-state index in [1.807, 2.05) is 39.8 Å². The first-order chi connectivity index (χ1) is 11.7. The maximum atomic E-state index is 12.9. The smallest absolute Gasteiger partial charge is 0.274 e. The molecule has 3 heterocycles. The van der Waals surface area contributed by atoms with E-state index >= 15 is 0 Å². The standard InChI is InChI=1S/C19H18N4O/c20-18-13-6-2-1-5-12(13)14-9-23(10-15(14)18)19(24)16-11-22-8-4-3-7-17(22)21-16/h1-8,11,14-15,18H,9-10,20H2/t14-,15-,18-/m0/s1. The minimum atomic E-state index is -0.00205. The Hall–Kier alpha value is -2.66. The first-order valence-corrected chi connectivity index (χ1v) is 8.30. The molecule has 5 rings (SSSR count). The van der Waals surface area contributed by atoms with E-state index in [1.54, 1.807) is 6.20 Å². The summed E-state index contributed by atoms with van der Waals surface area (Å²) < 4.78 is 1.88. The number of carbonyl (C=O) groups is 1. The summed E-state index contributed by atoms with van der Waals surface area (Å²) in [4.78, 5) is 19.2. The molecule has 120 valence electrons. The molecule has 1 fully saturated rings. The van der Waals surface area contributed by atoms with Crippen molar-refractivity contribution in [3.63, 3.8) is 0 Å². The van der Waals surface area contributed by atoms with E-state index < -0.39 is 0 Å². The molecule has 1 aliphatic heterocycles. The second-order valence-electron chi connectivity index (χ2n) is 6.73. The summed E-state index contributed by atoms with van der Waals surface area (Å²) in [7, 11) is 0. The Bertz CT molecular complexity index is 914. The highest BCUT2D eigenvalue weighted by molar-refractivity contribution is 5.93. The second-order valence-corrected chi connectivity index (χ2v) is 6.73. The fourth-order valence-corrected chi connectivity index (χ4v) is 4.27. The summed E-state index contributed by atoms with van der Waals surface area (Å²) in [5.41, 5.74) is 10.3. The van der Waals surface area contributed by atoms with Gasteiger partial charge in [0.15, 0.2) is 0 Å². The summed E-state index contributed by atoms with van der Waals surface area (Å²) in [5.74, 6) is 0.651. The molecule has 0 saturated carbocycles. The Morgan fingerprint density at radius 1 is 1.08 bits per heavy atom. The molecule has 1 amide bonds. The van der Waals surface area contributed by atoms with Crippen molar-refractivity contribution < 1.29 is 4.79 Å². The summed E-state index contributed by atoms with van der Waals surface area (Å²) in [6, 6.07) is 14.1. The molecule has 0 radical (unpaired) electrons. The monoisotopic (exact) mass is 318 g/mol. The van der Waals surface area contributed by atoms with Gasteiger partial charge in [-0.15, -0.1) is 0 Å². The molecular weight excluding hydrogens is 300 g/mol. The van der Waals surface area contributed by atoms with Gasteiger partial charge in [0.05, 0.1) is 0 Å². The minimum Gasteiger partial charge on any atom is -0.336 e. The van der Waals surface area contributed by atoms with Crippen molar-refractivity contribution in [1.82, 2.24) is 14.3 Å². The van der Waals surface area contributed by atoms with Crippen molar-refractivity contribution in [3.8, 4) is 0 Å². The predicted molar refractivity (Wildman–Crippen MR) is 90.7 cm³/mol. The quantitative estimate of drug-likeness (QED) is 0.748. The third kappa shape index (κ3) is 1.85. The van der Waals surface area contributed by atoms with Gasteiger partial charge in [-0.05, 0) is 23.3 Å². The van der Waals surface area contributed by atoms with E-state index in [1.165, 1.54) is 11.1 Å². The fraction of sp³-hybridized carbons (Fsp3) is 0.263. The average Bonchev–Trinajstić information content (AvgIpc) is 3.29. The van der Waals surface area contributed by atoms with Crippen molar-refractivity contribution in [3.05, 3.63) is 71.7 Å². The number of amides is 1. The van der Waals surface area contributed by atoms with Gasteiger partial charge in [-0.1, -0.05) is 30.3 Å². The number of hydrogen-bond donors (Lipinski definition) is 1. The topological polar surface area (TPSA) is 63.6 Å². The van der Waals surface area contributed by atoms with Gasteiger partial charge in [-0.2, -0.15) is 0 Å². The first-order valence-electron chi connectivity index (χ1n) is 8.30. The van der Waals surface area contributed by atoms with Gasteiger partial charge in [0.25, 0.3) is 5.91 Å². The van der Waals surface area contributed by atoms with Crippen LogP contribution in [-0.2, 0) is 0 Å². The number of hydrogen-bond acceptors (Lipinski definition) is 3. The molecule has 5 heteroatoms. The molecule has 0 bridgehead atoms. The Morgan fingerprint density at radius 3 is 2.71 bits per heavy atom. The Labute approximate surface area is 139 Å². The van der Waals surface area contributed by atoms with Crippen LogP contribution in [0.25, 0.3) is 5.65 Å². The van der Waals surface area contributed by atoms with Gasteiger partial charge >= 0.3 is 0 Å². The lowest BCUT2D eigenvalue weighted by Gasteiger charge is -2.18. The highest BCUT2D eigenvalue weighted by atomic mass is 16.2. The number of aromatic nitrogens is 2. The summed E-state index contributed by atoms with van der Waals surface area (Å²) in [5, 5.41) is 0. The average molecular weight is 318 g/mol. The van der Waals surface area contributed by atoms with Gasteiger partial charge in [-0.25, -0.2) is 4.98 Å². The van der Waals surface area contributed by atoms with Gasteiger partial charge in [0, 0.05) is 43.4 Å². The van der Waals surface area contributed by atoms with Crippen molar-refractivity contribution >= 4 is 11.6 Å². The van der Waals surface area contributed by atoms with Crippen LogP contribution >= 0.6 is 0 Å². The van der Waals surface area contributed by atoms with E-state index in [0.717, 1.165) is 12.2 Å². The Kier molecular flexibility index (Phi) is 2.82. The molecule has 3 aromatic rings. The lowest BCUT2D eigenvalue weighted by Crippen LogP contribution is -2.31. The number of fused-ring (bicyclic) bond motifs is 4. The molecular formula is C19H18N4O. The van der Waals surface area contributed by atoms with Crippen molar-refractivity contribution in [1.29, 1.82) is 0 Å². The van der Waals surface area contributed by atoms with Gasteiger partial charge in [0.1, 0.15) is 11.3 Å². The zero-order valence-corrected chi connectivity index (χ0v) is 13.2. The maximum Gasteiger partial charge on any atom is 0.274 e. The van der Waals surface area contributed by atoms with Crippen LogP contribution in [0.4, 0.5) is 0 Å². The molecule has 0 unspecified atom stereocenters. The van der Waals surface area contributed by atoms with Gasteiger partial charge in [-0.3, -0.25) is 4.79 Å². The summed E-state index contributed by atoms with van der Waals surface area (Å²) >= 11 is 0. The summed E-state index contributed by atoms with van der Waals surface area (Å²) in [6.07, 6.45) is 3.71. The molecule has 2 aliphatic rings. The molecule has 24 heavy (non-hydrogen) atoms. The number of nitrogens with two attached hydrogens (primary N) is 1. The second kappa shape index (κ2) is 4.92. The fourth-order valence-electron chi connectivity index (χ4n) is 4.27. The van der Waals surface area contributed by atoms with Crippen LogP contribution in [0.5, 0.6) is 0 Å². The Balaban J connectivity index is 1.45. The molecule has 1 saturated heterocycles. The van der Waals surface area contributed by atoms with Crippen LogP contribution in [0.1, 0.15) is 33.6 Å². The van der Waals surface area contributed by atoms with E-state index in [2.05, 4.69) is 23.2 Å². The molecule has 2 N–H and O–H groups in total. The SMILES string of the molecule is N[C@H]1c2ccccc2[C@@H]2CN(C(=O)c3cn4ccccc4n3)C[C@H]12. The van der Waals surface area contributed by atoms with Crippen LogP contribution in [0.3, 0.4) is 0 Å². The zero-order valence-electron chi connectivity index (χ0n) is 13.2. The number of nitrogens with zero attached hydrogens (tertiary/aromatic N) is 3. The Morgan fingerprint density at radius 2 is 1.88 bits per heavy atom. The molecule has 3 atom stereocenters. The number of pyridine rings is 1. The van der Waals surface area contributed by atoms with Gasteiger partial charge in [0.2, 0.25) is 0 Å². The predicted octanol–water partition coefficient (Wildman–Crippen LogP) is 2.20. The number of benzene rings is 1. The molecule has 5 nitrogen and oxygen atoms in total. The molecule has 1 aliphatic carbocycles. The largest absolute Gasteiger partial charge is 0.336 e. The minimum absolute atomic E-state index is 0.00205. The number of likely N-dealkylation sites (tertiary alicyclic amines) is 1. The zero-order chi connectivity index (χ0) is 16.3. The van der Waals surface area contributed by atoms with Crippen LogP contribution < -0.4 is 5.73 Å². The van der Waals surface area contributed by atoms with Crippen LogP contribution in [0.15, 0.2) is 54.9 Å². The van der Waals surface area contributed by atoms with Crippen LogP contribution in [0.2, 0.25) is 0 Å². The molecule has 1 aromatic carbocycles. The van der Waals surface area contributed by atoms with E-state index in [0.29, 0.717) is 24.1 Å². The third-order valence-corrected chi connectivity index (χ3v) is 5.45. The first kappa shape index (κ1) is 13.7. The lowest BCUT2D eigenvalue weighted by molar-refractivity contribution is 0.0778. The van der Waals surface area contributed by atoms with E-state index in [4.69, 9.17) is 5.73 Å². The third-order valence-electron chi connectivity index (χ3n) is 5.45. The van der Waals surface area contributed by atoms with Crippen molar-refractivity contribution in [2.45, 2.75) is 12.0 Å². The number of imidazole rings is 1. The van der Waals surface area contributed by atoms with E-state index in [-0.39, 0.29) is 11.9 Å². The molecule has 2 aromatic heterocycles. The highest BCUT2D eigenvalue weighted by Crippen LogP contribution is 2.48. The number of rotatable bonds is 1. The van der Waals surface area contributed by atoms with Crippen molar-refractivity contribution in [2.24, 2.45) is 11.7 Å². The molecule has 0 spiro atoms. The normalized spacial score (nSPS) is 25.0. The van der Waals surface area contributed by atoms with Crippen LogP contribution in [-0.4, -0.2) is 33.3 Å². The summed E-state index contributed by atoms with van der Waals surface area (Å²) in [6.45, 7) is 1.43. The number of carbonyl (C=O) groups excluding carboxylic acids is 1. The lowest BCUT2D eigenvalue weighted by atomic mass is 9.95. The highest BCUT2D eigenvalue weighted by Gasteiger charge is 2.46. The van der Waals surface area contributed by atoms with Crippen LogP contribution in [0, 0.1) is 5.92 Å². The van der Waals surface area contributed by atoms with E-state index in [9.17, 15) is 4.79 Å². The maximum absolute atomic E-state index is 12.9.